The number of hydrogen-bond acceptors (Lipinski definition) is 6. The van der Waals surface area contributed by atoms with E-state index in [0.29, 0.717) is 12.3 Å². The van der Waals surface area contributed by atoms with Crippen LogP contribution in [0.5, 0.6) is 0 Å². The summed E-state index contributed by atoms with van der Waals surface area (Å²) in [6, 6.07) is 2.05. The molecule has 0 unspecified atom stereocenters. The topological polar surface area (TPSA) is 86.7 Å². The van der Waals surface area contributed by atoms with Gasteiger partial charge in [0.15, 0.2) is 0 Å². The number of nitrogens with one attached hydrogen (secondary N) is 1. The smallest absolute Gasteiger partial charge is 0.250 e. The maximum Gasteiger partial charge on any atom is 0.250 e. The molecule has 118 valence electrons. The largest absolute Gasteiger partial charge is 0.394 e. The minimum atomic E-state index is -3.67. The Bertz CT molecular complexity index is 573. The van der Waals surface area contributed by atoms with Crippen LogP contribution in [0.3, 0.4) is 0 Å². The van der Waals surface area contributed by atoms with Gasteiger partial charge in [0.2, 0.25) is 5.91 Å². The Balaban J connectivity index is 2.05. The second-order valence-corrected chi connectivity index (χ2v) is 8.76. The lowest BCUT2D eigenvalue weighted by atomic mass is 10.2. The Labute approximate surface area is 132 Å². The first-order valence-corrected chi connectivity index (χ1v) is 10.0. The summed E-state index contributed by atoms with van der Waals surface area (Å²) in [7, 11) is -3.67. The number of carbonyl (C=O) groups excluding carboxylic acids is 1. The van der Waals surface area contributed by atoms with E-state index < -0.39 is 16.1 Å². The third-order valence-electron chi connectivity index (χ3n) is 3.18. The summed E-state index contributed by atoms with van der Waals surface area (Å²) in [4.78, 5) is 14.0. The maximum absolute atomic E-state index is 12.4. The van der Waals surface area contributed by atoms with Gasteiger partial charge >= 0.3 is 0 Å². The molecule has 0 spiro atoms. The van der Waals surface area contributed by atoms with Gasteiger partial charge < -0.3 is 10.0 Å². The first-order valence-electron chi connectivity index (χ1n) is 6.50. The van der Waals surface area contributed by atoms with Crippen LogP contribution in [-0.4, -0.2) is 61.1 Å². The molecule has 0 saturated carbocycles. The molecule has 2 rings (SSSR count). The highest BCUT2D eigenvalue weighted by Crippen LogP contribution is 2.19. The number of sulfonamides is 1. The van der Waals surface area contributed by atoms with E-state index in [-0.39, 0.29) is 22.8 Å². The molecule has 0 aromatic carbocycles. The number of rotatable bonds is 5. The van der Waals surface area contributed by atoms with E-state index >= 15 is 0 Å². The summed E-state index contributed by atoms with van der Waals surface area (Å²) in [5, 5.41) is 11.0. The van der Waals surface area contributed by atoms with Crippen molar-refractivity contribution in [2.24, 2.45) is 0 Å². The van der Waals surface area contributed by atoms with Crippen molar-refractivity contribution in [3.05, 3.63) is 17.5 Å². The average Bonchev–Trinajstić information content (AvgIpc) is 3.01. The van der Waals surface area contributed by atoms with Crippen LogP contribution in [-0.2, 0) is 14.8 Å². The van der Waals surface area contributed by atoms with Gasteiger partial charge in [0.05, 0.1) is 18.7 Å². The molecular weight excluding hydrogens is 332 g/mol. The number of carbonyl (C=O) groups is 1. The molecule has 6 nitrogen and oxygen atoms in total. The monoisotopic (exact) mass is 350 g/mol. The van der Waals surface area contributed by atoms with E-state index in [4.69, 9.17) is 0 Å². The van der Waals surface area contributed by atoms with Crippen LogP contribution in [0.2, 0.25) is 0 Å². The van der Waals surface area contributed by atoms with E-state index in [9.17, 15) is 18.3 Å². The van der Waals surface area contributed by atoms with Gasteiger partial charge in [-0.05, 0) is 18.4 Å². The zero-order chi connectivity index (χ0) is 15.5. The molecule has 1 aliphatic rings. The summed E-state index contributed by atoms with van der Waals surface area (Å²) >= 11 is 2.79. The van der Waals surface area contributed by atoms with Crippen LogP contribution in [0.1, 0.15) is 6.92 Å². The second-order valence-electron chi connectivity index (χ2n) is 4.72. The maximum atomic E-state index is 12.4. The van der Waals surface area contributed by atoms with E-state index in [1.54, 1.807) is 28.1 Å². The van der Waals surface area contributed by atoms with E-state index in [0.717, 1.165) is 17.1 Å². The Hall–Kier alpha value is -0.610. The van der Waals surface area contributed by atoms with Crippen molar-refractivity contribution in [1.82, 2.24) is 9.62 Å². The van der Waals surface area contributed by atoms with Gasteiger partial charge in [-0.3, -0.25) is 4.79 Å². The van der Waals surface area contributed by atoms with Crippen LogP contribution in [0.25, 0.3) is 0 Å². The molecule has 1 amide bonds. The predicted octanol–water partition coefficient (Wildman–Crippen LogP) is 0.351. The fourth-order valence-corrected chi connectivity index (χ4v) is 5.36. The molecule has 0 bridgehead atoms. The molecule has 2 heterocycles. The summed E-state index contributed by atoms with van der Waals surface area (Å²) in [5.74, 6) is 1.17. The minimum absolute atomic E-state index is 0.108. The summed E-state index contributed by atoms with van der Waals surface area (Å²) < 4.78 is 26.8. The SMILES string of the molecule is C[C@H](NS(=O)(=O)c1cccs1)C(=O)N1CCSC[C@H]1CO. The van der Waals surface area contributed by atoms with Crippen molar-refractivity contribution in [3.8, 4) is 0 Å². The molecule has 0 aliphatic carbocycles. The van der Waals surface area contributed by atoms with Gasteiger partial charge in [0.1, 0.15) is 4.21 Å². The molecular formula is C12H18N2O4S3. The Morgan fingerprint density at radius 2 is 2.38 bits per heavy atom. The molecule has 1 saturated heterocycles. The highest BCUT2D eigenvalue weighted by Gasteiger charge is 2.31. The van der Waals surface area contributed by atoms with Gasteiger partial charge in [-0.15, -0.1) is 11.3 Å². The van der Waals surface area contributed by atoms with E-state index in [2.05, 4.69) is 4.72 Å². The first-order chi connectivity index (χ1) is 9.95. The zero-order valence-electron chi connectivity index (χ0n) is 11.6. The molecule has 1 fully saturated rings. The Morgan fingerprint density at radius 1 is 1.62 bits per heavy atom. The van der Waals surface area contributed by atoms with Crippen molar-refractivity contribution >= 4 is 39.0 Å². The molecule has 9 heteroatoms. The number of amides is 1. The molecule has 0 radical (unpaired) electrons. The number of thiophene rings is 1. The standard InChI is InChI=1S/C12H18N2O4S3/c1-9(13-21(17,18)11-3-2-5-20-11)12(16)14-4-6-19-8-10(14)7-15/h2-3,5,9-10,13,15H,4,6-8H2,1H3/t9-,10+/m0/s1. The van der Waals surface area contributed by atoms with Crippen LogP contribution in [0, 0.1) is 0 Å². The third kappa shape index (κ3) is 3.98. The van der Waals surface area contributed by atoms with E-state index in [1.165, 1.54) is 13.0 Å². The van der Waals surface area contributed by atoms with Crippen molar-refractivity contribution in [2.75, 3.05) is 24.7 Å². The molecule has 21 heavy (non-hydrogen) atoms. The molecule has 1 aliphatic heterocycles. The van der Waals surface area contributed by atoms with Crippen LogP contribution < -0.4 is 4.72 Å². The lowest BCUT2D eigenvalue weighted by Crippen LogP contribution is -2.54. The van der Waals surface area contributed by atoms with Crippen LogP contribution in [0.4, 0.5) is 0 Å². The lowest BCUT2D eigenvalue weighted by molar-refractivity contribution is -0.135. The number of nitrogens with zero attached hydrogens (tertiary/aromatic N) is 1. The molecule has 1 aromatic heterocycles. The minimum Gasteiger partial charge on any atom is -0.394 e. The van der Waals surface area contributed by atoms with Crippen molar-refractivity contribution in [2.45, 2.75) is 23.2 Å². The highest BCUT2D eigenvalue weighted by molar-refractivity contribution is 7.99. The van der Waals surface area contributed by atoms with Gasteiger partial charge in [-0.25, -0.2) is 8.42 Å². The Kier molecular flexibility index (Phi) is 5.67. The Morgan fingerprint density at radius 3 is 3.00 bits per heavy atom. The second kappa shape index (κ2) is 7.10. The lowest BCUT2D eigenvalue weighted by Gasteiger charge is -2.35. The number of thioether (sulfide) groups is 1. The normalized spacial score (nSPS) is 21.2. The fraction of sp³-hybridized carbons (Fsp3) is 0.583. The first kappa shape index (κ1) is 16.8. The molecule has 2 N–H and O–H groups in total. The number of aliphatic hydroxyl groups is 1. The van der Waals surface area contributed by atoms with Crippen LogP contribution in [0.15, 0.2) is 21.7 Å². The third-order valence-corrected chi connectivity index (χ3v) is 7.21. The number of aliphatic hydroxyl groups excluding tert-OH is 1. The predicted molar refractivity (Wildman–Crippen MR) is 84.0 cm³/mol. The summed E-state index contributed by atoms with van der Waals surface area (Å²) in [6.07, 6.45) is 0. The number of hydrogen-bond donors (Lipinski definition) is 2. The summed E-state index contributed by atoms with van der Waals surface area (Å²) in [6.45, 7) is 1.95. The van der Waals surface area contributed by atoms with Crippen LogP contribution >= 0.6 is 23.1 Å². The van der Waals surface area contributed by atoms with Gasteiger partial charge in [0.25, 0.3) is 10.0 Å². The quantitative estimate of drug-likeness (QED) is 0.800. The van der Waals surface area contributed by atoms with Gasteiger partial charge in [0, 0.05) is 18.1 Å². The van der Waals surface area contributed by atoms with E-state index in [1.807, 2.05) is 0 Å². The molecule has 2 atom stereocenters. The van der Waals surface area contributed by atoms with Gasteiger partial charge in [-0.1, -0.05) is 6.07 Å². The molecule has 1 aromatic rings. The van der Waals surface area contributed by atoms with Crippen molar-refractivity contribution in [3.63, 3.8) is 0 Å². The average molecular weight is 350 g/mol. The van der Waals surface area contributed by atoms with Crippen molar-refractivity contribution < 1.29 is 18.3 Å². The fourth-order valence-electron chi connectivity index (χ4n) is 2.10. The van der Waals surface area contributed by atoms with Gasteiger partial charge in [-0.2, -0.15) is 16.5 Å². The van der Waals surface area contributed by atoms with Crippen molar-refractivity contribution in [1.29, 1.82) is 0 Å². The highest BCUT2D eigenvalue weighted by atomic mass is 32.2. The zero-order valence-corrected chi connectivity index (χ0v) is 14.0. The summed E-state index contributed by atoms with van der Waals surface area (Å²) in [5.41, 5.74) is 0.